The molecule has 2 atom stereocenters. The molecule has 6 nitrogen and oxygen atoms in total. The number of aliphatic hydroxyl groups excluding tert-OH is 1. The molecule has 6 heteroatoms. The van der Waals surface area contributed by atoms with E-state index in [2.05, 4.69) is 10.5 Å². The Morgan fingerprint density at radius 1 is 1.28 bits per heavy atom. The lowest BCUT2D eigenvalue weighted by molar-refractivity contribution is 0.122. The van der Waals surface area contributed by atoms with Crippen LogP contribution in [0.1, 0.15) is 54.1 Å². The second-order valence-corrected chi connectivity index (χ2v) is 6.37. The van der Waals surface area contributed by atoms with Crippen molar-refractivity contribution in [3.05, 3.63) is 52.4 Å². The molecule has 1 aromatic carbocycles. The van der Waals surface area contributed by atoms with Crippen LogP contribution in [0.2, 0.25) is 0 Å². The van der Waals surface area contributed by atoms with Crippen LogP contribution in [0.15, 0.2) is 28.8 Å². The van der Waals surface area contributed by atoms with Gasteiger partial charge in [-0.25, -0.2) is 4.79 Å². The lowest BCUT2D eigenvalue weighted by atomic mass is 10.1. The van der Waals surface area contributed by atoms with Gasteiger partial charge in [0.15, 0.2) is 0 Å². The normalized spacial score (nSPS) is 13.4. The van der Waals surface area contributed by atoms with Crippen molar-refractivity contribution in [2.75, 3.05) is 13.1 Å². The summed E-state index contributed by atoms with van der Waals surface area (Å²) in [5.74, 6) is 0.702. The van der Waals surface area contributed by atoms with Gasteiger partial charge in [0.25, 0.3) is 0 Å². The van der Waals surface area contributed by atoms with Crippen LogP contribution in [0.25, 0.3) is 0 Å². The largest absolute Gasteiger partial charge is 0.387 e. The topological polar surface area (TPSA) is 78.6 Å². The molecule has 0 aliphatic rings. The number of nitrogens with zero attached hydrogens (tertiary/aromatic N) is 2. The molecule has 0 saturated heterocycles. The molecule has 0 radical (unpaired) electrons. The Kier molecular flexibility index (Phi) is 6.20. The van der Waals surface area contributed by atoms with Gasteiger partial charge in [0.1, 0.15) is 5.76 Å². The molecule has 0 saturated carbocycles. The van der Waals surface area contributed by atoms with Gasteiger partial charge in [-0.3, -0.25) is 0 Å². The molecule has 2 aromatic rings. The number of aliphatic hydroxyl groups is 1. The van der Waals surface area contributed by atoms with E-state index in [0.717, 1.165) is 22.4 Å². The fourth-order valence-corrected chi connectivity index (χ4v) is 2.92. The highest BCUT2D eigenvalue weighted by atomic mass is 16.5. The quantitative estimate of drug-likeness (QED) is 0.841. The van der Waals surface area contributed by atoms with Crippen molar-refractivity contribution in [3.63, 3.8) is 0 Å². The standard InChI is InChI=1S/C19H27N3O3/c1-6-22(11-17(23)16-9-7-12(2)8-10-16)19(24)20-13(3)18-14(4)21-25-15(18)5/h7-10,13,17,23H,6,11H2,1-5H3,(H,20,24). The highest BCUT2D eigenvalue weighted by Crippen LogP contribution is 2.21. The maximum absolute atomic E-state index is 12.6. The number of hydrogen-bond donors (Lipinski definition) is 2. The summed E-state index contributed by atoms with van der Waals surface area (Å²) in [6, 6.07) is 7.24. The third kappa shape index (κ3) is 4.60. The summed E-state index contributed by atoms with van der Waals surface area (Å²) >= 11 is 0. The molecule has 2 amide bonds. The van der Waals surface area contributed by atoms with E-state index in [1.54, 1.807) is 4.90 Å². The molecule has 0 spiro atoms. The number of hydrogen-bond acceptors (Lipinski definition) is 4. The second-order valence-electron chi connectivity index (χ2n) is 6.37. The third-order valence-electron chi connectivity index (χ3n) is 4.39. The molecule has 1 aromatic heterocycles. The molecule has 0 aliphatic carbocycles. The number of carbonyl (C=O) groups is 1. The van der Waals surface area contributed by atoms with Crippen molar-refractivity contribution in [3.8, 4) is 0 Å². The van der Waals surface area contributed by atoms with Gasteiger partial charge in [-0.15, -0.1) is 0 Å². The zero-order valence-electron chi connectivity index (χ0n) is 15.5. The molecule has 2 rings (SSSR count). The number of carbonyl (C=O) groups excluding carboxylic acids is 1. The maximum Gasteiger partial charge on any atom is 0.317 e. The van der Waals surface area contributed by atoms with Gasteiger partial charge < -0.3 is 19.8 Å². The third-order valence-corrected chi connectivity index (χ3v) is 4.39. The monoisotopic (exact) mass is 345 g/mol. The van der Waals surface area contributed by atoms with Crippen LogP contribution < -0.4 is 5.32 Å². The molecule has 0 aliphatic heterocycles. The van der Waals surface area contributed by atoms with Crippen molar-refractivity contribution in [1.82, 2.24) is 15.4 Å². The molecular formula is C19H27N3O3. The number of aryl methyl sites for hydroxylation is 3. The van der Waals surface area contributed by atoms with Crippen molar-refractivity contribution in [2.45, 2.75) is 46.8 Å². The van der Waals surface area contributed by atoms with E-state index in [9.17, 15) is 9.90 Å². The minimum Gasteiger partial charge on any atom is -0.387 e. The Labute approximate surface area is 148 Å². The average Bonchev–Trinajstić information content (AvgIpc) is 2.91. The van der Waals surface area contributed by atoms with Crippen LogP contribution in [0, 0.1) is 20.8 Å². The first-order valence-electron chi connectivity index (χ1n) is 8.56. The van der Waals surface area contributed by atoms with Crippen LogP contribution in [0.4, 0.5) is 4.79 Å². The zero-order chi connectivity index (χ0) is 18.6. The molecule has 25 heavy (non-hydrogen) atoms. The van der Waals surface area contributed by atoms with Crippen LogP contribution >= 0.6 is 0 Å². The first-order chi connectivity index (χ1) is 11.8. The summed E-state index contributed by atoms with van der Waals surface area (Å²) in [5, 5.41) is 17.3. The second kappa shape index (κ2) is 8.16. The summed E-state index contributed by atoms with van der Waals surface area (Å²) in [6.45, 7) is 10.2. The van der Waals surface area contributed by atoms with E-state index in [4.69, 9.17) is 4.52 Å². The van der Waals surface area contributed by atoms with Gasteiger partial charge in [-0.2, -0.15) is 0 Å². The summed E-state index contributed by atoms with van der Waals surface area (Å²) in [6.07, 6.45) is -0.722. The first kappa shape index (κ1) is 19.0. The van der Waals surface area contributed by atoms with E-state index in [1.807, 2.05) is 58.9 Å². The Morgan fingerprint density at radius 2 is 1.92 bits per heavy atom. The summed E-state index contributed by atoms with van der Waals surface area (Å²) in [7, 11) is 0. The van der Waals surface area contributed by atoms with Crippen LogP contribution in [0.3, 0.4) is 0 Å². The van der Waals surface area contributed by atoms with Gasteiger partial charge in [0.2, 0.25) is 0 Å². The fraction of sp³-hybridized carbons (Fsp3) is 0.474. The number of rotatable bonds is 6. The summed E-state index contributed by atoms with van der Waals surface area (Å²) < 4.78 is 5.16. The molecule has 0 bridgehead atoms. The number of urea groups is 1. The molecule has 0 fully saturated rings. The first-order valence-corrected chi connectivity index (χ1v) is 8.56. The van der Waals surface area contributed by atoms with Gasteiger partial charge in [-0.1, -0.05) is 35.0 Å². The molecule has 2 N–H and O–H groups in total. The lowest BCUT2D eigenvalue weighted by Gasteiger charge is -2.26. The van der Waals surface area contributed by atoms with Gasteiger partial charge in [0, 0.05) is 12.1 Å². The van der Waals surface area contributed by atoms with E-state index in [0.29, 0.717) is 12.3 Å². The van der Waals surface area contributed by atoms with Crippen molar-refractivity contribution >= 4 is 6.03 Å². The van der Waals surface area contributed by atoms with Crippen LogP contribution in [0.5, 0.6) is 0 Å². The van der Waals surface area contributed by atoms with Crippen molar-refractivity contribution in [2.24, 2.45) is 0 Å². The lowest BCUT2D eigenvalue weighted by Crippen LogP contribution is -2.43. The SMILES string of the molecule is CCN(CC(O)c1ccc(C)cc1)C(=O)NC(C)c1c(C)noc1C. The maximum atomic E-state index is 12.6. The molecule has 2 unspecified atom stereocenters. The minimum atomic E-state index is -0.722. The van der Waals surface area contributed by atoms with E-state index in [1.165, 1.54) is 0 Å². The number of nitrogens with one attached hydrogen (secondary N) is 1. The Balaban J connectivity index is 2.01. The van der Waals surface area contributed by atoms with E-state index < -0.39 is 6.10 Å². The number of aromatic nitrogens is 1. The Hall–Kier alpha value is -2.34. The number of benzene rings is 1. The van der Waals surface area contributed by atoms with Crippen LogP contribution in [-0.2, 0) is 0 Å². The smallest absolute Gasteiger partial charge is 0.317 e. The molecular weight excluding hydrogens is 318 g/mol. The molecule has 1 heterocycles. The van der Waals surface area contributed by atoms with Crippen molar-refractivity contribution in [1.29, 1.82) is 0 Å². The summed E-state index contributed by atoms with van der Waals surface area (Å²) in [5.41, 5.74) is 3.60. The van der Waals surface area contributed by atoms with E-state index in [-0.39, 0.29) is 18.6 Å². The van der Waals surface area contributed by atoms with E-state index >= 15 is 0 Å². The highest BCUT2D eigenvalue weighted by Gasteiger charge is 2.22. The number of likely N-dealkylation sites (N-methyl/N-ethyl adjacent to an activating group) is 1. The minimum absolute atomic E-state index is 0.218. The van der Waals surface area contributed by atoms with Crippen molar-refractivity contribution < 1.29 is 14.4 Å². The highest BCUT2D eigenvalue weighted by molar-refractivity contribution is 5.74. The average molecular weight is 345 g/mol. The predicted molar refractivity (Wildman–Crippen MR) is 96.3 cm³/mol. The predicted octanol–water partition coefficient (Wildman–Crippen LogP) is 3.43. The Morgan fingerprint density at radius 3 is 2.44 bits per heavy atom. The molecule has 136 valence electrons. The van der Waals surface area contributed by atoms with Crippen LogP contribution in [-0.4, -0.2) is 34.3 Å². The summed E-state index contributed by atoms with van der Waals surface area (Å²) in [4.78, 5) is 14.2. The number of amides is 2. The fourth-order valence-electron chi connectivity index (χ4n) is 2.92. The Bertz CT molecular complexity index is 690. The van der Waals surface area contributed by atoms with Gasteiger partial charge in [-0.05, 0) is 40.2 Å². The van der Waals surface area contributed by atoms with Gasteiger partial charge in [0.05, 0.1) is 24.4 Å². The van der Waals surface area contributed by atoms with Gasteiger partial charge >= 0.3 is 6.03 Å². The zero-order valence-corrected chi connectivity index (χ0v) is 15.5.